The Balaban J connectivity index is 1.73. The molecular weight excluding hydrogens is 270 g/mol. The molecule has 0 aliphatic heterocycles. The number of carboxylic acids is 1. The van der Waals surface area contributed by atoms with Crippen LogP contribution in [-0.2, 0) is 16.1 Å². The van der Waals surface area contributed by atoms with E-state index >= 15 is 0 Å². The number of hydrogen-bond acceptors (Lipinski definition) is 4. The zero-order chi connectivity index (χ0) is 15.5. The van der Waals surface area contributed by atoms with Gasteiger partial charge in [-0.05, 0) is 35.8 Å². The number of hydrogen-bond donors (Lipinski definition) is 1. The van der Waals surface area contributed by atoms with Crippen molar-refractivity contribution < 1.29 is 19.1 Å². The predicted octanol–water partition coefficient (Wildman–Crippen LogP) is 1.09. The van der Waals surface area contributed by atoms with Crippen LogP contribution in [0.1, 0.15) is 39.4 Å². The lowest BCUT2D eigenvalue weighted by molar-refractivity contribution is -0.316. The number of carbonyl (C=O) groups is 2. The van der Waals surface area contributed by atoms with E-state index in [4.69, 9.17) is 4.42 Å². The van der Waals surface area contributed by atoms with Gasteiger partial charge in [-0.15, -0.1) is 0 Å². The van der Waals surface area contributed by atoms with Gasteiger partial charge in [0, 0.05) is 17.3 Å². The van der Waals surface area contributed by atoms with Crippen LogP contribution in [-0.4, -0.2) is 11.9 Å². The second-order valence-electron chi connectivity index (χ2n) is 6.90. The van der Waals surface area contributed by atoms with E-state index in [1.807, 2.05) is 13.8 Å². The smallest absolute Gasteiger partial charge is 0.224 e. The van der Waals surface area contributed by atoms with Crippen molar-refractivity contribution in [2.75, 3.05) is 0 Å². The van der Waals surface area contributed by atoms with E-state index in [0.29, 0.717) is 12.3 Å². The predicted molar refractivity (Wildman–Crippen MR) is 72.6 cm³/mol. The van der Waals surface area contributed by atoms with Crippen molar-refractivity contribution >= 4 is 11.9 Å². The van der Waals surface area contributed by atoms with Crippen LogP contribution < -0.4 is 10.4 Å². The highest BCUT2D eigenvalue weighted by Gasteiger charge is 2.85. The molecule has 1 spiro atoms. The maximum atomic E-state index is 12.4. The van der Waals surface area contributed by atoms with E-state index < -0.39 is 22.2 Å². The Morgan fingerprint density at radius 3 is 2.57 bits per heavy atom. The van der Waals surface area contributed by atoms with Crippen molar-refractivity contribution in [3.63, 3.8) is 0 Å². The van der Waals surface area contributed by atoms with Crippen LogP contribution in [0.4, 0.5) is 0 Å². The quantitative estimate of drug-likeness (QED) is 0.899. The third kappa shape index (κ3) is 1.46. The van der Waals surface area contributed by atoms with Gasteiger partial charge < -0.3 is 19.6 Å². The molecule has 5 heteroatoms. The average molecular weight is 290 g/mol. The van der Waals surface area contributed by atoms with Crippen molar-refractivity contribution in [2.45, 2.75) is 40.2 Å². The van der Waals surface area contributed by atoms with Gasteiger partial charge in [-0.25, -0.2) is 0 Å². The number of aliphatic carboxylic acids is 1. The van der Waals surface area contributed by atoms with E-state index in [2.05, 4.69) is 5.32 Å². The zero-order valence-electron chi connectivity index (χ0n) is 12.6. The third-order valence-electron chi connectivity index (χ3n) is 6.36. The summed E-state index contributed by atoms with van der Waals surface area (Å²) in [6.45, 7) is 5.90. The number of carbonyl (C=O) groups excluding carboxylic acids is 2. The summed E-state index contributed by atoms with van der Waals surface area (Å²) in [6, 6.07) is 3.56. The molecule has 0 unspecified atom stereocenters. The molecule has 2 fully saturated rings. The molecule has 0 bridgehead atoms. The summed E-state index contributed by atoms with van der Waals surface area (Å²) in [6.07, 6.45) is 3.06. The van der Waals surface area contributed by atoms with E-state index in [0.717, 1.165) is 12.8 Å². The van der Waals surface area contributed by atoms with Gasteiger partial charge in [-0.3, -0.25) is 4.79 Å². The molecule has 21 heavy (non-hydrogen) atoms. The van der Waals surface area contributed by atoms with Crippen LogP contribution in [0.15, 0.2) is 22.8 Å². The van der Waals surface area contributed by atoms with Crippen LogP contribution in [0, 0.1) is 22.2 Å². The second kappa shape index (κ2) is 4.12. The first kappa shape index (κ1) is 14.2. The number of amides is 1. The summed E-state index contributed by atoms with van der Waals surface area (Å²) in [5, 5.41) is 14.4. The SMILES string of the molecule is CC1(C)[C@](C)(C(=O)[O-])[C@]12CC[C@@H]2C(=O)NCc1ccco1. The average Bonchev–Trinajstić information content (AvgIpc) is 2.73. The molecule has 0 aromatic carbocycles. The second-order valence-corrected chi connectivity index (χ2v) is 6.90. The minimum absolute atomic E-state index is 0.0873. The van der Waals surface area contributed by atoms with Crippen molar-refractivity contribution in [1.82, 2.24) is 5.32 Å². The molecule has 2 aliphatic rings. The molecule has 3 rings (SSSR count). The Hall–Kier alpha value is -1.78. The molecule has 1 N–H and O–H groups in total. The minimum Gasteiger partial charge on any atom is -0.550 e. The molecule has 5 nitrogen and oxygen atoms in total. The van der Waals surface area contributed by atoms with E-state index in [1.165, 1.54) is 0 Å². The lowest BCUT2D eigenvalue weighted by Gasteiger charge is -2.41. The third-order valence-corrected chi connectivity index (χ3v) is 6.36. The van der Waals surface area contributed by atoms with Gasteiger partial charge in [-0.1, -0.05) is 20.8 Å². The van der Waals surface area contributed by atoms with Gasteiger partial charge in [0.2, 0.25) is 5.91 Å². The van der Waals surface area contributed by atoms with Crippen LogP contribution in [0.2, 0.25) is 0 Å². The first-order chi connectivity index (χ1) is 9.79. The van der Waals surface area contributed by atoms with Crippen LogP contribution >= 0.6 is 0 Å². The van der Waals surface area contributed by atoms with Crippen LogP contribution in [0.3, 0.4) is 0 Å². The molecule has 0 saturated heterocycles. The summed E-state index contributed by atoms with van der Waals surface area (Å²) >= 11 is 0. The fourth-order valence-electron chi connectivity index (χ4n) is 4.66. The largest absolute Gasteiger partial charge is 0.550 e. The molecular formula is C16H20NO4-. The molecule has 1 heterocycles. The Kier molecular flexibility index (Phi) is 2.78. The van der Waals surface area contributed by atoms with E-state index in [-0.39, 0.29) is 11.8 Å². The molecule has 1 aromatic heterocycles. The summed E-state index contributed by atoms with van der Waals surface area (Å²) in [5.41, 5.74) is -1.80. The van der Waals surface area contributed by atoms with Crippen molar-refractivity contribution in [1.29, 1.82) is 0 Å². The number of furan rings is 1. The van der Waals surface area contributed by atoms with E-state index in [1.54, 1.807) is 25.3 Å². The molecule has 0 radical (unpaired) electrons. The highest BCUT2D eigenvalue weighted by Crippen LogP contribution is 2.86. The lowest BCUT2D eigenvalue weighted by Crippen LogP contribution is -2.47. The molecule has 2 saturated carbocycles. The van der Waals surface area contributed by atoms with Crippen molar-refractivity contribution in [2.24, 2.45) is 22.2 Å². The number of carboxylic acid groups (broad SMARTS) is 1. The summed E-state index contributed by atoms with van der Waals surface area (Å²) in [5.74, 6) is -0.702. The first-order valence-electron chi connectivity index (χ1n) is 7.30. The summed E-state index contributed by atoms with van der Waals surface area (Å²) < 4.78 is 5.18. The Morgan fingerprint density at radius 1 is 1.43 bits per heavy atom. The zero-order valence-corrected chi connectivity index (χ0v) is 12.6. The van der Waals surface area contributed by atoms with Gasteiger partial charge in [0.1, 0.15) is 5.76 Å². The molecule has 1 amide bonds. The van der Waals surface area contributed by atoms with Gasteiger partial charge in [-0.2, -0.15) is 0 Å². The normalized spacial score (nSPS) is 36.0. The van der Waals surface area contributed by atoms with Gasteiger partial charge in [0.25, 0.3) is 0 Å². The first-order valence-corrected chi connectivity index (χ1v) is 7.30. The standard InChI is InChI=1S/C16H21NO4/c1-14(2)15(3,13(19)20)16(14)7-6-11(16)12(18)17-9-10-5-4-8-21-10/h4-5,8,11H,6-7,9H2,1-3H3,(H,17,18)(H,19,20)/p-1/t11-,15+,16+/m1/s1. The Bertz CT molecular complexity index is 591. The van der Waals surface area contributed by atoms with E-state index in [9.17, 15) is 14.7 Å². The molecule has 1 aromatic rings. The number of nitrogens with one attached hydrogen (secondary N) is 1. The maximum Gasteiger partial charge on any atom is 0.224 e. The fourth-order valence-corrected chi connectivity index (χ4v) is 4.66. The fraction of sp³-hybridized carbons (Fsp3) is 0.625. The molecule has 2 aliphatic carbocycles. The van der Waals surface area contributed by atoms with Crippen LogP contribution in [0.5, 0.6) is 0 Å². The Labute approximate surface area is 123 Å². The lowest BCUT2D eigenvalue weighted by atomic mass is 9.63. The van der Waals surface area contributed by atoms with Crippen molar-refractivity contribution in [3.8, 4) is 0 Å². The topological polar surface area (TPSA) is 82.4 Å². The maximum absolute atomic E-state index is 12.4. The summed E-state index contributed by atoms with van der Waals surface area (Å²) in [7, 11) is 0. The van der Waals surface area contributed by atoms with Gasteiger partial charge in [0.05, 0.1) is 12.8 Å². The molecule has 114 valence electrons. The van der Waals surface area contributed by atoms with Gasteiger partial charge >= 0.3 is 0 Å². The highest BCUT2D eigenvalue weighted by atomic mass is 16.4. The van der Waals surface area contributed by atoms with Crippen molar-refractivity contribution in [3.05, 3.63) is 24.2 Å². The minimum atomic E-state index is -1.05. The highest BCUT2D eigenvalue weighted by molar-refractivity contribution is 5.88. The Morgan fingerprint density at radius 2 is 2.14 bits per heavy atom. The van der Waals surface area contributed by atoms with Gasteiger partial charge in [0.15, 0.2) is 0 Å². The van der Waals surface area contributed by atoms with Crippen LogP contribution in [0.25, 0.3) is 0 Å². The summed E-state index contributed by atoms with van der Waals surface area (Å²) in [4.78, 5) is 24.0. The monoisotopic (exact) mass is 290 g/mol. The molecule has 3 atom stereocenters. The number of rotatable bonds is 4.